The van der Waals surface area contributed by atoms with Crippen molar-refractivity contribution in [2.24, 2.45) is 5.92 Å². The summed E-state index contributed by atoms with van der Waals surface area (Å²) in [5, 5.41) is 10.7. The predicted molar refractivity (Wildman–Crippen MR) is 164 cm³/mol. The second kappa shape index (κ2) is 14.6. The van der Waals surface area contributed by atoms with Crippen LogP contribution >= 0.6 is 0 Å². The van der Waals surface area contributed by atoms with E-state index in [1.807, 2.05) is 61.5 Å². The molecule has 0 unspecified atom stereocenters. The van der Waals surface area contributed by atoms with Crippen LogP contribution in [0.4, 0.5) is 4.79 Å². The summed E-state index contributed by atoms with van der Waals surface area (Å²) in [6, 6.07) is 15.1. The van der Waals surface area contributed by atoms with Crippen molar-refractivity contribution in [3.05, 3.63) is 83.1 Å². The maximum atomic E-state index is 13.6. The largest absolute Gasteiger partial charge is 0.418 e. The first kappa shape index (κ1) is 32.0. The summed E-state index contributed by atoms with van der Waals surface area (Å²) in [7, 11) is 0. The Morgan fingerprint density at radius 3 is 2.42 bits per heavy atom. The molecule has 0 bridgehead atoms. The van der Waals surface area contributed by atoms with Gasteiger partial charge in [0, 0.05) is 32.6 Å². The number of aryl methyl sites for hydroxylation is 1. The molecule has 12 heteroatoms. The number of morpholine rings is 1. The number of nitrogens with zero attached hydrogens (tertiary/aromatic N) is 5. The number of urea groups is 1. The Kier molecular flexibility index (Phi) is 10.4. The topological polar surface area (TPSA) is 138 Å². The molecule has 5 rings (SSSR count). The van der Waals surface area contributed by atoms with Gasteiger partial charge in [-0.1, -0.05) is 74.0 Å². The number of ketones is 1. The maximum absolute atomic E-state index is 13.6. The molecule has 2 saturated heterocycles. The van der Waals surface area contributed by atoms with Gasteiger partial charge in [-0.15, -0.1) is 10.2 Å². The zero-order valence-electron chi connectivity index (χ0n) is 26.0. The first-order valence-electron chi connectivity index (χ1n) is 15.4. The first-order valence-corrected chi connectivity index (χ1v) is 15.4. The third-order valence-electron chi connectivity index (χ3n) is 8.12. The monoisotopic (exact) mass is 616 g/mol. The van der Waals surface area contributed by atoms with Crippen LogP contribution in [0, 0.1) is 12.8 Å². The Balaban J connectivity index is 1.25. The van der Waals surface area contributed by atoms with Gasteiger partial charge in [-0.2, -0.15) is 0 Å². The van der Waals surface area contributed by atoms with Gasteiger partial charge in [0.1, 0.15) is 12.6 Å². The van der Waals surface area contributed by atoms with Crippen LogP contribution in [0.3, 0.4) is 0 Å². The fourth-order valence-electron chi connectivity index (χ4n) is 5.65. The molecule has 2 atom stereocenters. The lowest BCUT2D eigenvalue weighted by atomic mass is 9.99. The molecule has 0 aliphatic carbocycles. The van der Waals surface area contributed by atoms with Crippen molar-refractivity contribution < 1.29 is 28.3 Å². The Morgan fingerprint density at radius 2 is 1.71 bits per heavy atom. The summed E-state index contributed by atoms with van der Waals surface area (Å²) < 4.78 is 11.1. The van der Waals surface area contributed by atoms with Crippen molar-refractivity contribution in [3.63, 3.8) is 0 Å². The number of hydrogen-bond acceptors (Lipinski definition) is 9. The summed E-state index contributed by atoms with van der Waals surface area (Å²) in [5.74, 6) is -1.85. The quantitative estimate of drug-likeness (QED) is 0.227. The van der Waals surface area contributed by atoms with E-state index >= 15 is 0 Å². The summed E-state index contributed by atoms with van der Waals surface area (Å²) in [6.07, 6.45) is 0.702. The van der Waals surface area contributed by atoms with Gasteiger partial charge in [0.25, 0.3) is 11.8 Å². The van der Waals surface area contributed by atoms with Gasteiger partial charge < -0.3 is 19.4 Å². The lowest BCUT2D eigenvalue weighted by Crippen LogP contribution is -2.49. The minimum absolute atomic E-state index is 0.206. The lowest BCUT2D eigenvalue weighted by molar-refractivity contribution is -0.132. The Morgan fingerprint density at radius 1 is 0.978 bits per heavy atom. The van der Waals surface area contributed by atoms with Crippen molar-refractivity contribution in [1.29, 1.82) is 0 Å². The average Bonchev–Trinajstić information content (AvgIpc) is 3.58. The van der Waals surface area contributed by atoms with Crippen molar-refractivity contribution in [3.8, 4) is 0 Å². The molecule has 2 aliphatic heterocycles. The van der Waals surface area contributed by atoms with Crippen LogP contribution in [0.2, 0.25) is 0 Å². The van der Waals surface area contributed by atoms with Crippen molar-refractivity contribution in [1.82, 2.24) is 30.2 Å². The molecule has 1 aromatic heterocycles. The van der Waals surface area contributed by atoms with Crippen LogP contribution in [0.5, 0.6) is 0 Å². The van der Waals surface area contributed by atoms with Crippen LogP contribution < -0.4 is 5.32 Å². The van der Waals surface area contributed by atoms with E-state index in [2.05, 4.69) is 20.4 Å². The van der Waals surface area contributed by atoms with E-state index in [-0.39, 0.29) is 17.7 Å². The number of ether oxygens (including phenoxy) is 1. The predicted octanol–water partition coefficient (Wildman–Crippen LogP) is 2.50. The minimum Gasteiger partial charge on any atom is -0.418 e. The number of carbonyl (C=O) groups is 4. The van der Waals surface area contributed by atoms with Gasteiger partial charge in [0.05, 0.1) is 25.7 Å². The highest BCUT2D eigenvalue weighted by Gasteiger charge is 2.46. The maximum Gasteiger partial charge on any atom is 0.327 e. The highest BCUT2D eigenvalue weighted by Crippen LogP contribution is 2.22. The second-order valence-corrected chi connectivity index (χ2v) is 11.9. The van der Waals surface area contributed by atoms with Crippen molar-refractivity contribution in [2.75, 3.05) is 45.9 Å². The van der Waals surface area contributed by atoms with E-state index in [1.165, 1.54) is 0 Å². The number of imide groups is 1. The van der Waals surface area contributed by atoms with Crippen LogP contribution in [0.15, 0.2) is 59.0 Å². The number of amides is 4. The van der Waals surface area contributed by atoms with Crippen LogP contribution in [0.1, 0.15) is 47.1 Å². The summed E-state index contributed by atoms with van der Waals surface area (Å²) in [5.41, 5.74) is 2.97. The fourth-order valence-corrected chi connectivity index (χ4v) is 5.65. The number of Topliss-reactive ketones (excluding diaryl/α,β-unsaturated/α-hetero) is 1. The molecule has 2 aromatic carbocycles. The molecule has 3 aromatic rings. The van der Waals surface area contributed by atoms with E-state index < -0.39 is 42.3 Å². The molecule has 2 fully saturated rings. The van der Waals surface area contributed by atoms with Gasteiger partial charge in [-0.05, 0) is 24.0 Å². The lowest BCUT2D eigenvalue weighted by Gasteiger charge is -2.29. The van der Waals surface area contributed by atoms with E-state index in [4.69, 9.17) is 9.15 Å². The molecule has 2 aliphatic rings. The summed E-state index contributed by atoms with van der Waals surface area (Å²) in [6.45, 7) is 8.73. The van der Waals surface area contributed by atoms with Crippen LogP contribution in [-0.4, -0.2) is 107 Å². The normalized spacial score (nSPS) is 18.1. The van der Waals surface area contributed by atoms with Crippen molar-refractivity contribution in [2.45, 2.75) is 45.7 Å². The SMILES string of the molecule is Cc1cccc(Cc2nnc(C(=O)[C@@H](NC(=O)CN3C(=O)[C@H](Cc4ccccc4)N(CCN4CCOCC4)C3=O)C(C)C)o2)c1. The molecule has 4 amide bonds. The Labute approximate surface area is 262 Å². The highest BCUT2D eigenvalue weighted by atomic mass is 16.5. The number of nitrogens with one attached hydrogen (secondary N) is 1. The second-order valence-electron chi connectivity index (χ2n) is 11.9. The molecular weight excluding hydrogens is 576 g/mol. The molecule has 0 radical (unpaired) electrons. The Hall–Kier alpha value is -4.42. The number of hydrogen-bond donors (Lipinski definition) is 1. The highest BCUT2D eigenvalue weighted by molar-refractivity contribution is 6.07. The summed E-state index contributed by atoms with van der Waals surface area (Å²) in [4.78, 5) is 58.6. The molecule has 3 heterocycles. The Bertz CT molecular complexity index is 1500. The first-order chi connectivity index (χ1) is 21.7. The van der Waals surface area contributed by atoms with E-state index in [1.54, 1.807) is 18.7 Å². The van der Waals surface area contributed by atoms with Gasteiger partial charge in [-0.25, -0.2) is 4.79 Å². The average molecular weight is 617 g/mol. The molecule has 45 heavy (non-hydrogen) atoms. The smallest absolute Gasteiger partial charge is 0.327 e. The number of rotatable bonds is 13. The molecule has 0 saturated carbocycles. The molecule has 1 N–H and O–H groups in total. The van der Waals surface area contributed by atoms with Crippen LogP contribution in [-0.2, 0) is 27.2 Å². The molecule has 12 nitrogen and oxygen atoms in total. The zero-order chi connectivity index (χ0) is 31.9. The molecule has 238 valence electrons. The molecule has 0 spiro atoms. The molecular formula is C33H40N6O6. The van der Waals surface area contributed by atoms with Gasteiger partial charge in [0.2, 0.25) is 17.6 Å². The van der Waals surface area contributed by atoms with Crippen molar-refractivity contribution >= 4 is 23.6 Å². The standard InChI is InChI=1S/C33H40N6O6/c1-22(2)29(30(41)31-36-35-28(45-31)20-25-11-7-8-23(3)18-25)34-27(40)21-39-32(42)26(19-24-9-5-4-6-10-24)38(33(39)43)13-12-37-14-16-44-17-15-37/h4-11,18,22,26,29H,12-17,19-21H2,1-3H3,(H,34,40)/t26-,29-/m0/s1. The summed E-state index contributed by atoms with van der Waals surface area (Å²) >= 11 is 0. The van der Waals surface area contributed by atoms with Crippen LogP contribution in [0.25, 0.3) is 0 Å². The third-order valence-corrected chi connectivity index (χ3v) is 8.12. The number of carbonyl (C=O) groups excluding carboxylic acids is 4. The minimum atomic E-state index is -0.991. The van der Waals surface area contributed by atoms with Gasteiger partial charge >= 0.3 is 6.03 Å². The van der Waals surface area contributed by atoms with Gasteiger partial charge in [-0.3, -0.25) is 24.2 Å². The van der Waals surface area contributed by atoms with E-state index in [0.29, 0.717) is 39.1 Å². The third kappa shape index (κ3) is 8.00. The number of aromatic nitrogens is 2. The van der Waals surface area contributed by atoms with E-state index in [9.17, 15) is 19.2 Å². The zero-order valence-corrected chi connectivity index (χ0v) is 26.0. The van der Waals surface area contributed by atoms with Gasteiger partial charge in [0.15, 0.2) is 0 Å². The number of benzene rings is 2. The van der Waals surface area contributed by atoms with E-state index in [0.717, 1.165) is 34.7 Å². The fraction of sp³-hybridized carbons (Fsp3) is 0.455.